The first-order chi connectivity index (χ1) is 16.4. The van der Waals surface area contributed by atoms with Crippen molar-refractivity contribution < 1.29 is 19.1 Å². The largest absolute Gasteiger partial charge is 0.465 e. The highest BCUT2D eigenvalue weighted by molar-refractivity contribution is 8.01. The fraction of sp³-hybridized carbons (Fsp3) is 0.500. The molecule has 1 heterocycles. The number of hydrogen-bond acceptors (Lipinski definition) is 7. The lowest BCUT2D eigenvalue weighted by atomic mass is 10.1. The third kappa shape index (κ3) is 7.73. The molecule has 1 fully saturated rings. The van der Waals surface area contributed by atoms with Crippen molar-refractivity contribution in [1.29, 1.82) is 0 Å². The summed E-state index contributed by atoms with van der Waals surface area (Å²) < 4.78 is 5.77. The first-order valence-electron chi connectivity index (χ1n) is 11.6. The molecule has 3 amide bonds. The van der Waals surface area contributed by atoms with Gasteiger partial charge in [-0.05, 0) is 43.9 Å². The zero-order valence-corrected chi connectivity index (χ0v) is 21.5. The molecule has 0 atom stereocenters. The zero-order chi connectivity index (χ0) is 24.5. The lowest BCUT2D eigenvalue weighted by molar-refractivity contribution is -0.139. The van der Waals surface area contributed by atoms with Gasteiger partial charge in [0, 0.05) is 23.8 Å². The van der Waals surface area contributed by atoms with E-state index in [2.05, 4.69) is 15.6 Å². The minimum absolute atomic E-state index is 0.0698. The van der Waals surface area contributed by atoms with Crippen molar-refractivity contribution in [3.8, 4) is 0 Å². The topological polar surface area (TPSA) is 101 Å². The summed E-state index contributed by atoms with van der Waals surface area (Å²) in [5, 5.41) is 6.28. The average Bonchev–Trinajstić information content (AvgIpc) is 3.48. The Labute approximate surface area is 208 Å². The van der Waals surface area contributed by atoms with E-state index >= 15 is 0 Å². The molecule has 0 bridgehead atoms. The second-order valence-electron chi connectivity index (χ2n) is 8.46. The van der Waals surface area contributed by atoms with Crippen molar-refractivity contribution in [2.75, 3.05) is 34.4 Å². The maximum Gasteiger partial charge on any atom is 0.328 e. The van der Waals surface area contributed by atoms with Crippen molar-refractivity contribution in [3.63, 3.8) is 0 Å². The molecule has 8 nitrogen and oxygen atoms in total. The SMILES string of the molecule is CCOC(=O)CSc1cnc(NC(=O)N(CC2CCCC2)c2cccc(NC(=O)C(C)C)c2)s1. The van der Waals surface area contributed by atoms with E-state index in [1.54, 1.807) is 18.0 Å². The Morgan fingerprint density at radius 3 is 2.71 bits per heavy atom. The molecule has 10 heteroatoms. The zero-order valence-electron chi connectivity index (χ0n) is 19.8. The molecule has 1 aliphatic rings. The molecular weight excluding hydrogens is 472 g/mol. The smallest absolute Gasteiger partial charge is 0.328 e. The third-order valence-corrected chi connectivity index (χ3v) is 7.53. The lowest BCUT2D eigenvalue weighted by Gasteiger charge is -2.26. The molecule has 1 saturated carbocycles. The summed E-state index contributed by atoms with van der Waals surface area (Å²) >= 11 is 2.65. The minimum atomic E-state index is -0.279. The fourth-order valence-corrected chi connectivity index (χ4v) is 5.33. The number of ether oxygens (including phenoxy) is 1. The van der Waals surface area contributed by atoms with Gasteiger partial charge in [-0.25, -0.2) is 9.78 Å². The van der Waals surface area contributed by atoms with Crippen molar-refractivity contribution in [2.45, 2.75) is 50.7 Å². The molecule has 0 spiro atoms. The van der Waals surface area contributed by atoms with Crippen molar-refractivity contribution in [3.05, 3.63) is 30.5 Å². The van der Waals surface area contributed by atoms with E-state index in [1.165, 1.54) is 35.9 Å². The Hall–Kier alpha value is -2.59. The van der Waals surface area contributed by atoms with Gasteiger partial charge >= 0.3 is 12.0 Å². The quantitative estimate of drug-likeness (QED) is 0.322. The van der Waals surface area contributed by atoms with Gasteiger partial charge < -0.3 is 10.1 Å². The molecule has 1 aromatic carbocycles. The molecule has 1 aliphatic carbocycles. The summed E-state index contributed by atoms with van der Waals surface area (Å²) in [4.78, 5) is 43.1. The molecule has 0 unspecified atom stereocenters. The highest BCUT2D eigenvalue weighted by Crippen LogP contribution is 2.31. The summed E-state index contributed by atoms with van der Waals surface area (Å²) in [5.41, 5.74) is 1.38. The van der Waals surface area contributed by atoms with Gasteiger partial charge in [-0.15, -0.1) is 11.8 Å². The Balaban J connectivity index is 1.71. The van der Waals surface area contributed by atoms with Gasteiger partial charge in [0.25, 0.3) is 0 Å². The molecule has 34 heavy (non-hydrogen) atoms. The number of anilines is 3. The predicted octanol–water partition coefficient (Wildman–Crippen LogP) is 5.62. The van der Waals surface area contributed by atoms with Crippen LogP contribution in [0.25, 0.3) is 0 Å². The molecule has 0 radical (unpaired) electrons. The van der Waals surface area contributed by atoms with Crippen LogP contribution in [0, 0.1) is 11.8 Å². The Bertz CT molecular complexity index is 989. The number of urea groups is 1. The molecular formula is C24H32N4O4S2. The van der Waals surface area contributed by atoms with Crippen LogP contribution in [0.4, 0.5) is 21.3 Å². The number of thiazole rings is 1. The number of carbonyl (C=O) groups excluding carboxylic acids is 3. The van der Waals surface area contributed by atoms with E-state index in [1.807, 2.05) is 38.1 Å². The van der Waals surface area contributed by atoms with Crippen LogP contribution in [-0.2, 0) is 14.3 Å². The normalized spacial score (nSPS) is 13.6. The van der Waals surface area contributed by atoms with Gasteiger partial charge in [-0.1, -0.05) is 44.1 Å². The van der Waals surface area contributed by atoms with Crippen molar-refractivity contribution in [1.82, 2.24) is 4.98 Å². The van der Waals surface area contributed by atoms with Crippen LogP contribution in [0.15, 0.2) is 34.7 Å². The average molecular weight is 505 g/mol. The standard InChI is InChI=1S/C24H32N4O4S2/c1-4-32-20(29)15-33-21-13-25-23(34-21)27-24(31)28(14-17-8-5-6-9-17)19-11-7-10-18(12-19)26-22(30)16(2)3/h7,10-13,16-17H,4-6,8-9,14-15H2,1-3H3,(H,26,30)(H,25,27,31). The Kier molecular flexibility index (Phi) is 9.76. The van der Waals surface area contributed by atoms with Crippen LogP contribution in [0.1, 0.15) is 46.5 Å². The number of benzene rings is 1. The second-order valence-corrected chi connectivity index (χ2v) is 10.8. The van der Waals surface area contributed by atoms with Gasteiger partial charge in [-0.2, -0.15) is 0 Å². The first kappa shape index (κ1) is 26.0. The number of nitrogens with one attached hydrogen (secondary N) is 2. The van der Waals surface area contributed by atoms with E-state index in [0.717, 1.165) is 22.7 Å². The Morgan fingerprint density at radius 1 is 1.24 bits per heavy atom. The van der Waals surface area contributed by atoms with Crippen molar-refractivity contribution in [2.24, 2.45) is 11.8 Å². The highest BCUT2D eigenvalue weighted by atomic mass is 32.2. The molecule has 1 aromatic heterocycles. The maximum absolute atomic E-state index is 13.3. The number of thioether (sulfide) groups is 1. The van der Waals surface area contributed by atoms with Gasteiger partial charge in [0.15, 0.2) is 5.13 Å². The monoisotopic (exact) mass is 504 g/mol. The van der Waals surface area contributed by atoms with Crippen LogP contribution in [0.3, 0.4) is 0 Å². The van der Waals surface area contributed by atoms with Gasteiger partial charge in [0.1, 0.15) is 0 Å². The van der Waals surface area contributed by atoms with Gasteiger partial charge in [-0.3, -0.25) is 19.8 Å². The second kappa shape index (κ2) is 12.8. The maximum atomic E-state index is 13.3. The summed E-state index contributed by atoms with van der Waals surface area (Å²) in [6.45, 7) is 6.40. The summed E-state index contributed by atoms with van der Waals surface area (Å²) in [6.07, 6.45) is 6.20. The summed E-state index contributed by atoms with van der Waals surface area (Å²) in [6, 6.07) is 7.10. The number of aromatic nitrogens is 1. The number of amides is 3. The van der Waals surface area contributed by atoms with Crippen LogP contribution < -0.4 is 15.5 Å². The first-order valence-corrected chi connectivity index (χ1v) is 13.4. The molecule has 0 saturated heterocycles. The third-order valence-electron chi connectivity index (χ3n) is 5.45. The molecule has 2 aromatic rings. The summed E-state index contributed by atoms with van der Waals surface area (Å²) in [7, 11) is 0. The summed E-state index contributed by atoms with van der Waals surface area (Å²) in [5.74, 6) is 0.152. The van der Waals surface area contributed by atoms with E-state index in [0.29, 0.717) is 29.9 Å². The number of hydrogen-bond donors (Lipinski definition) is 2. The number of carbonyl (C=O) groups is 3. The van der Waals surface area contributed by atoms with Gasteiger partial charge in [0.2, 0.25) is 5.91 Å². The van der Waals surface area contributed by atoms with Crippen LogP contribution in [-0.4, -0.2) is 41.8 Å². The fourth-order valence-electron chi connectivity index (χ4n) is 3.67. The van der Waals surface area contributed by atoms with Gasteiger partial charge in [0.05, 0.1) is 22.8 Å². The van der Waals surface area contributed by atoms with E-state index in [4.69, 9.17) is 4.74 Å². The molecule has 0 aliphatic heterocycles. The number of rotatable bonds is 10. The minimum Gasteiger partial charge on any atom is -0.465 e. The molecule has 3 rings (SSSR count). The van der Waals surface area contributed by atoms with Crippen LogP contribution in [0.2, 0.25) is 0 Å². The number of esters is 1. The van der Waals surface area contributed by atoms with E-state index in [9.17, 15) is 14.4 Å². The molecule has 2 N–H and O–H groups in total. The molecule has 184 valence electrons. The number of nitrogens with zero attached hydrogens (tertiary/aromatic N) is 2. The van der Waals surface area contributed by atoms with Crippen LogP contribution in [0.5, 0.6) is 0 Å². The van der Waals surface area contributed by atoms with Crippen LogP contribution >= 0.6 is 23.1 Å². The highest BCUT2D eigenvalue weighted by Gasteiger charge is 2.24. The Morgan fingerprint density at radius 2 is 2.00 bits per heavy atom. The van der Waals surface area contributed by atoms with E-state index in [-0.39, 0.29) is 29.6 Å². The van der Waals surface area contributed by atoms with E-state index < -0.39 is 0 Å². The predicted molar refractivity (Wildman–Crippen MR) is 138 cm³/mol. The van der Waals surface area contributed by atoms with Crippen molar-refractivity contribution >= 4 is 57.5 Å². The lowest BCUT2D eigenvalue weighted by Crippen LogP contribution is -2.38.